The number of hydrogen-bond donors (Lipinski definition) is 3. The fourth-order valence-corrected chi connectivity index (χ4v) is 6.04. The summed E-state index contributed by atoms with van der Waals surface area (Å²) in [6, 6.07) is 0.613. The minimum Gasteiger partial charge on any atom is -0.379 e. The van der Waals surface area contributed by atoms with E-state index in [1.165, 1.54) is 17.7 Å². The van der Waals surface area contributed by atoms with Crippen molar-refractivity contribution in [2.75, 3.05) is 39.4 Å². The van der Waals surface area contributed by atoms with Gasteiger partial charge in [0.15, 0.2) is 0 Å². The number of H-pyrrole nitrogens is 1. The molecule has 3 heterocycles. The molecule has 7 nitrogen and oxygen atoms in total. The molecule has 2 saturated heterocycles. The zero-order valence-electron chi connectivity index (χ0n) is 17.6. The number of nitrogens with one attached hydrogen (secondary N) is 3. The molecule has 1 amide bonds. The van der Waals surface area contributed by atoms with E-state index >= 15 is 0 Å². The molecule has 0 unspecified atom stereocenters. The predicted octanol–water partition coefficient (Wildman–Crippen LogP) is 1.84. The molecule has 9 heteroatoms. The molecule has 3 fully saturated rings. The lowest BCUT2D eigenvalue weighted by molar-refractivity contribution is -0.140. The maximum Gasteiger partial charge on any atom is 0.228 e. The van der Waals surface area contributed by atoms with Crippen LogP contribution in [0.15, 0.2) is 0 Å². The lowest BCUT2D eigenvalue weighted by atomic mass is 9.61. The van der Waals surface area contributed by atoms with Crippen molar-refractivity contribution in [3.05, 3.63) is 17.0 Å². The standard InChI is InChI=1S/C21H33N5O2.2ClH/c27-20(23-13-19-17-2-1-3-18(17)24-25-19)21-6-4-16(26-8-10-28-11-9-26)12-15(21)5-7-22-14-21;;/h15-16,22H,1-14H2,(H,23,27)(H,24,25);2*1H/t15-,16+,21-;;/m1../s1. The van der Waals surface area contributed by atoms with Crippen LogP contribution in [0.1, 0.15) is 49.1 Å². The predicted molar refractivity (Wildman–Crippen MR) is 120 cm³/mol. The molecule has 30 heavy (non-hydrogen) atoms. The Balaban J connectivity index is 0.00000128. The van der Waals surface area contributed by atoms with Crippen molar-refractivity contribution in [3.63, 3.8) is 0 Å². The van der Waals surface area contributed by atoms with Gasteiger partial charge in [0.25, 0.3) is 0 Å². The van der Waals surface area contributed by atoms with Gasteiger partial charge in [-0.1, -0.05) is 0 Å². The number of carbonyl (C=O) groups is 1. The third-order valence-electron chi connectivity index (χ3n) is 7.69. The first kappa shape index (κ1) is 23.8. The Morgan fingerprint density at radius 2 is 2.07 bits per heavy atom. The number of fused-ring (bicyclic) bond motifs is 2. The number of ether oxygens (including phenoxy) is 1. The van der Waals surface area contributed by atoms with Crippen LogP contribution in [-0.4, -0.2) is 66.4 Å². The molecule has 0 radical (unpaired) electrons. The average Bonchev–Trinajstić information content (AvgIpc) is 3.36. The average molecular weight is 460 g/mol. The minimum absolute atomic E-state index is 0. The second-order valence-electron chi connectivity index (χ2n) is 9.06. The maximum absolute atomic E-state index is 13.4. The fraction of sp³-hybridized carbons (Fsp3) is 0.810. The van der Waals surface area contributed by atoms with Crippen molar-refractivity contribution in [1.82, 2.24) is 25.7 Å². The Morgan fingerprint density at radius 1 is 1.23 bits per heavy atom. The van der Waals surface area contributed by atoms with E-state index in [0.717, 1.165) is 83.6 Å². The zero-order valence-corrected chi connectivity index (χ0v) is 19.2. The van der Waals surface area contributed by atoms with Crippen LogP contribution in [0, 0.1) is 11.3 Å². The number of rotatable bonds is 4. The molecule has 2 aliphatic carbocycles. The number of nitrogens with zero attached hydrogens (tertiary/aromatic N) is 2. The van der Waals surface area contributed by atoms with E-state index in [-0.39, 0.29) is 36.1 Å². The summed E-state index contributed by atoms with van der Waals surface area (Å²) in [4.78, 5) is 16.0. The summed E-state index contributed by atoms with van der Waals surface area (Å²) in [6.45, 7) is 6.19. The second-order valence-corrected chi connectivity index (χ2v) is 9.06. The number of halogens is 2. The van der Waals surface area contributed by atoms with E-state index in [9.17, 15) is 4.79 Å². The highest BCUT2D eigenvalue weighted by atomic mass is 35.5. The van der Waals surface area contributed by atoms with Crippen molar-refractivity contribution in [2.45, 2.75) is 57.5 Å². The summed E-state index contributed by atoms with van der Waals surface area (Å²) in [7, 11) is 0. The van der Waals surface area contributed by atoms with Gasteiger partial charge in [-0.25, -0.2) is 0 Å². The third kappa shape index (κ3) is 4.37. The summed E-state index contributed by atoms with van der Waals surface area (Å²) in [5, 5.41) is 14.4. The van der Waals surface area contributed by atoms with Crippen LogP contribution in [0.2, 0.25) is 0 Å². The van der Waals surface area contributed by atoms with Crippen molar-refractivity contribution in [2.24, 2.45) is 11.3 Å². The van der Waals surface area contributed by atoms with E-state index < -0.39 is 0 Å². The summed E-state index contributed by atoms with van der Waals surface area (Å²) >= 11 is 0. The van der Waals surface area contributed by atoms with E-state index in [2.05, 4.69) is 25.7 Å². The molecule has 2 aliphatic heterocycles. The van der Waals surface area contributed by atoms with Crippen LogP contribution >= 0.6 is 24.8 Å². The Bertz CT molecular complexity index is 724. The summed E-state index contributed by atoms with van der Waals surface area (Å²) in [5.41, 5.74) is 3.40. The first-order valence-corrected chi connectivity index (χ1v) is 11.1. The molecule has 1 aromatic heterocycles. The van der Waals surface area contributed by atoms with Crippen molar-refractivity contribution in [1.29, 1.82) is 0 Å². The van der Waals surface area contributed by atoms with Gasteiger partial charge in [-0.05, 0) is 63.0 Å². The highest BCUT2D eigenvalue weighted by Crippen LogP contribution is 2.46. The van der Waals surface area contributed by atoms with E-state index in [0.29, 0.717) is 18.5 Å². The number of aromatic nitrogens is 2. The van der Waals surface area contributed by atoms with Gasteiger partial charge >= 0.3 is 0 Å². The monoisotopic (exact) mass is 459 g/mol. The molecule has 1 saturated carbocycles. The molecule has 3 atom stereocenters. The number of amides is 1. The van der Waals surface area contributed by atoms with Gasteiger partial charge < -0.3 is 15.4 Å². The number of morpholine rings is 1. The summed E-state index contributed by atoms with van der Waals surface area (Å²) < 4.78 is 5.53. The number of aryl methyl sites for hydroxylation is 1. The summed E-state index contributed by atoms with van der Waals surface area (Å²) in [6.07, 6.45) is 7.73. The molecule has 0 spiro atoms. The van der Waals surface area contributed by atoms with Crippen LogP contribution in [-0.2, 0) is 28.9 Å². The van der Waals surface area contributed by atoms with Crippen molar-refractivity contribution in [3.8, 4) is 0 Å². The fourth-order valence-electron chi connectivity index (χ4n) is 6.04. The lowest BCUT2D eigenvalue weighted by Crippen LogP contribution is -2.60. The van der Waals surface area contributed by atoms with Crippen LogP contribution < -0.4 is 10.6 Å². The van der Waals surface area contributed by atoms with Crippen molar-refractivity contribution >= 4 is 30.7 Å². The number of carbonyl (C=O) groups excluding carboxylic acids is 1. The summed E-state index contributed by atoms with van der Waals surface area (Å²) in [5.74, 6) is 0.708. The van der Waals surface area contributed by atoms with Gasteiger partial charge in [0, 0.05) is 31.4 Å². The van der Waals surface area contributed by atoms with E-state index in [1.807, 2.05) is 0 Å². The van der Waals surface area contributed by atoms with Crippen LogP contribution in [0.3, 0.4) is 0 Å². The molecule has 0 bridgehead atoms. The molecule has 4 aliphatic rings. The minimum atomic E-state index is -0.249. The van der Waals surface area contributed by atoms with Gasteiger partial charge in [-0.15, -0.1) is 24.8 Å². The van der Waals surface area contributed by atoms with E-state index in [1.54, 1.807) is 0 Å². The molecule has 1 aromatic rings. The normalized spacial score (nSPS) is 31.1. The first-order valence-electron chi connectivity index (χ1n) is 11.1. The smallest absolute Gasteiger partial charge is 0.228 e. The molecule has 170 valence electrons. The third-order valence-corrected chi connectivity index (χ3v) is 7.69. The Morgan fingerprint density at radius 3 is 2.90 bits per heavy atom. The molecule has 3 N–H and O–H groups in total. The quantitative estimate of drug-likeness (QED) is 0.639. The van der Waals surface area contributed by atoms with Gasteiger partial charge in [-0.3, -0.25) is 14.8 Å². The Hall–Kier alpha value is -0.860. The molecule has 0 aromatic carbocycles. The lowest BCUT2D eigenvalue weighted by Gasteiger charge is -2.50. The largest absolute Gasteiger partial charge is 0.379 e. The van der Waals surface area contributed by atoms with Gasteiger partial charge in [0.2, 0.25) is 5.91 Å². The number of hydrogen-bond acceptors (Lipinski definition) is 5. The maximum atomic E-state index is 13.4. The van der Waals surface area contributed by atoms with Gasteiger partial charge in [0.05, 0.1) is 30.9 Å². The topological polar surface area (TPSA) is 82.3 Å². The first-order chi connectivity index (χ1) is 13.8. The highest BCUT2D eigenvalue weighted by Gasteiger charge is 2.50. The highest BCUT2D eigenvalue weighted by molar-refractivity contribution is 5.85. The van der Waals surface area contributed by atoms with E-state index in [4.69, 9.17) is 4.74 Å². The van der Waals surface area contributed by atoms with Crippen LogP contribution in [0.4, 0.5) is 0 Å². The van der Waals surface area contributed by atoms with Gasteiger partial charge in [0.1, 0.15) is 0 Å². The second kappa shape index (κ2) is 10.2. The Labute approximate surface area is 191 Å². The number of piperidine rings is 1. The molecular formula is C21H35Cl2N5O2. The van der Waals surface area contributed by atoms with Gasteiger partial charge in [-0.2, -0.15) is 5.10 Å². The van der Waals surface area contributed by atoms with Crippen LogP contribution in [0.25, 0.3) is 0 Å². The Kier molecular flexibility index (Phi) is 8.07. The zero-order chi connectivity index (χ0) is 19.0. The molecule has 5 rings (SSSR count). The molecular weight excluding hydrogens is 425 g/mol. The number of aromatic amines is 1. The SMILES string of the molecule is Cl.Cl.O=C(NCc1n[nH]c2c1CCC2)[C@@]12CC[C@H](N3CCOCC3)C[C@H]1CCNC2. The van der Waals surface area contributed by atoms with Crippen LogP contribution in [0.5, 0.6) is 0 Å². The van der Waals surface area contributed by atoms with Crippen molar-refractivity contribution < 1.29 is 9.53 Å².